The van der Waals surface area contributed by atoms with Crippen molar-refractivity contribution in [3.8, 4) is 11.1 Å². The smallest absolute Gasteiger partial charge is 0.242 e. The summed E-state index contributed by atoms with van der Waals surface area (Å²) in [5.74, 6) is 0.166. The minimum atomic E-state index is -4.60. The van der Waals surface area contributed by atoms with Gasteiger partial charge in [0, 0.05) is 18.3 Å². The number of sulfonamides is 2. The van der Waals surface area contributed by atoms with Gasteiger partial charge in [-0.05, 0) is 49.7 Å². The van der Waals surface area contributed by atoms with Crippen LogP contribution in [-0.2, 0) is 20.0 Å². The number of primary sulfonamides is 1. The fourth-order valence-corrected chi connectivity index (χ4v) is 6.54. The number of hydrogen-bond donors (Lipinski definition) is 5. The van der Waals surface area contributed by atoms with Gasteiger partial charge in [-0.15, -0.1) is 5.11 Å². The van der Waals surface area contributed by atoms with Crippen molar-refractivity contribution in [2.75, 3.05) is 32.0 Å². The molecule has 1 aromatic carbocycles. The van der Waals surface area contributed by atoms with Gasteiger partial charge >= 0.3 is 0 Å². The van der Waals surface area contributed by atoms with E-state index >= 15 is 0 Å². The monoisotopic (exact) mass is 508 g/mol. The first-order valence-electron chi connectivity index (χ1n) is 10.3. The lowest BCUT2D eigenvalue weighted by atomic mass is 9.93. The number of nitrogen functional groups attached to an aromatic ring is 1. The van der Waals surface area contributed by atoms with Gasteiger partial charge in [0.2, 0.25) is 20.0 Å². The molecule has 1 fully saturated rings. The number of anilines is 1. The Morgan fingerprint density at radius 1 is 1.12 bits per heavy atom. The van der Waals surface area contributed by atoms with E-state index in [0.717, 1.165) is 6.07 Å². The third-order valence-corrected chi connectivity index (χ3v) is 8.16. The molecule has 2 aliphatic rings. The molecule has 0 radical (unpaired) electrons. The second-order valence-corrected chi connectivity index (χ2v) is 11.2. The highest BCUT2D eigenvalue weighted by molar-refractivity contribution is 7.92. The Labute approximate surface area is 196 Å². The number of nitrogens with zero attached hydrogens (tertiary/aromatic N) is 4. The van der Waals surface area contributed by atoms with Gasteiger partial charge < -0.3 is 16.2 Å². The lowest BCUT2D eigenvalue weighted by molar-refractivity contribution is 0.0158. The molecular weight excluding hydrogens is 484 g/mol. The molecule has 34 heavy (non-hydrogen) atoms. The summed E-state index contributed by atoms with van der Waals surface area (Å²) in [4.78, 5) is 6.85. The Balaban J connectivity index is 1.87. The highest BCUT2D eigenvalue weighted by Gasteiger charge is 2.35. The maximum atomic E-state index is 13.3. The number of nitrogens with one attached hydrogen (secondary N) is 2. The van der Waals surface area contributed by atoms with Crippen molar-refractivity contribution in [3.63, 3.8) is 0 Å². The summed E-state index contributed by atoms with van der Waals surface area (Å²) in [6.07, 6.45) is 2.08. The molecule has 0 atom stereocenters. The van der Waals surface area contributed by atoms with Crippen molar-refractivity contribution >= 4 is 31.7 Å². The van der Waals surface area contributed by atoms with Crippen molar-refractivity contribution < 1.29 is 21.9 Å². The number of amidine groups is 1. The lowest BCUT2D eigenvalue weighted by Gasteiger charge is -2.32. The first-order valence-corrected chi connectivity index (χ1v) is 13.3. The van der Waals surface area contributed by atoms with Gasteiger partial charge in [0.1, 0.15) is 15.6 Å². The maximum absolute atomic E-state index is 13.3. The van der Waals surface area contributed by atoms with Crippen LogP contribution in [0.25, 0.3) is 11.1 Å². The number of pyridine rings is 1. The summed E-state index contributed by atoms with van der Waals surface area (Å²) < 4.78 is 54.4. The van der Waals surface area contributed by atoms with Crippen LogP contribution >= 0.6 is 0 Å². The Hall–Kier alpha value is -2.82. The fourth-order valence-electron chi connectivity index (χ4n) is 3.82. The molecular formula is C19H24N8O5S2. The summed E-state index contributed by atoms with van der Waals surface area (Å²) in [6.45, 7) is 0.718. The zero-order valence-electron chi connectivity index (χ0n) is 18.0. The van der Waals surface area contributed by atoms with E-state index in [1.54, 1.807) is 6.07 Å². The molecule has 182 valence electrons. The molecule has 7 N–H and O–H groups in total. The van der Waals surface area contributed by atoms with Crippen LogP contribution in [0.15, 0.2) is 55.5 Å². The Morgan fingerprint density at radius 2 is 1.85 bits per heavy atom. The van der Waals surface area contributed by atoms with E-state index in [1.165, 1.54) is 18.3 Å². The van der Waals surface area contributed by atoms with E-state index in [2.05, 4.69) is 30.2 Å². The number of piperidine rings is 1. The van der Waals surface area contributed by atoms with Gasteiger partial charge in [-0.25, -0.2) is 36.7 Å². The summed E-state index contributed by atoms with van der Waals surface area (Å²) in [7, 11) is -9.02. The number of aliphatic imine (C=N–C) groups is 1. The van der Waals surface area contributed by atoms with Crippen LogP contribution in [0.4, 0.5) is 5.82 Å². The molecule has 0 spiro atoms. The number of aliphatic hydroxyl groups is 1. The molecule has 2 aliphatic heterocycles. The zero-order valence-corrected chi connectivity index (χ0v) is 19.6. The molecule has 0 bridgehead atoms. The number of azo groups is 1. The van der Waals surface area contributed by atoms with Gasteiger partial charge in [0.05, 0.1) is 11.2 Å². The summed E-state index contributed by atoms with van der Waals surface area (Å²) in [5.41, 5.74) is 5.01. The van der Waals surface area contributed by atoms with E-state index in [-0.39, 0.29) is 36.0 Å². The number of hydrogen-bond acceptors (Lipinski definition) is 11. The van der Waals surface area contributed by atoms with Crippen LogP contribution < -0.4 is 20.9 Å². The van der Waals surface area contributed by atoms with Crippen molar-refractivity contribution in [1.82, 2.24) is 15.0 Å². The van der Waals surface area contributed by atoms with E-state index in [0.29, 0.717) is 31.5 Å². The molecule has 1 saturated heterocycles. The summed E-state index contributed by atoms with van der Waals surface area (Å²) in [5, 5.41) is 26.9. The van der Waals surface area contributed by atoms with Crippen LogP contribution in [-0.4, -0.2) is 64.7 Å². The molecule has 4 rings (SSSR count). The van der Waals surface area contributed by atoms with Crippen molar-refractivity contribution in [3.05, 3.63) is 36.0 Å². The Kier molecular flexibility index (Phi) is 6.50. The maximum Gasteiger partial charge on any atom is 0.242 e. The molecule has 15 heteroatoms. The second-order valence-electron chi connectivity index (χ2n) is 8.00. The highest BCUT2D eigenvalue weighted by atomic mass is 32.2. The van der Waals surface area contributed by atoms with Crippen LogP contribution in [0.5, 0.6) is 0 Å². The standard InChI is InChI=1S/C19H24N8O5S2/c20-15-4-1-12(9-23-15)13-2-3-14(17(33(21,29)30)16(13)18-24-11-25-27-18)34(31,32)26-10-19(28)5-7-22-8-6-19/h1-4,9,22,26,28H,5-8,10-11H2,(H2,20,23)(H2,21,29,30). The molecule has 1 aromatic heterocycles. The number of rotatable bonds is 7. The molecule has 13 nitrogen and oxygen atoms in total. The van der Waals surface area contributed by atoms with Crippen molar-refractivity contribution in [2.45, 2.75) is 28.2 Å². The van der Waals surface area contributed by atoms with Crippen molar-refractivity contribution in [2.24, 2.45) is 20.4 Å². The third-order valence-electron chi connectivity index (χ3n) is 5.59. The normalized spacial score (nSPS) is 18.1. The van der Waals surface area contributed by atoms with Gasteiger partial charge in [0.15, 0.2) is 12.5 Å². The van der Waals surface area contributed by atoms with Gasteiger partial charge in [-0.2, -0.15) is 5.11 Å². The second kappa shape index (κ2) is 9.09. The first kappa shape index (κ1) is 24.3. The van der Waals surface area contributed by atoms with E-state index in [4.69, 9.17) is 10.9 Å². The lowest BCUT2D eigenvalue weighted by Crippen LogP contribution is -2.49. The molecule has 0 saturated carbocycles. The fraction of sp³-hybridized carbons (Fsp3) is 0.368. The van der Waals surface area contributed by atoms with Crippen LogP contribution in [0.3, 0.4) is 0 Å². The third kappa shape index (κ3) is 4.98. The van der Waals surface area contributed by atoms with Crippen LogP contribution in [0.2, 0.25) is 0 Å². The van der Waals surface area contributed by atoms with E-state index in [9.17, 15) is 21.9 Å². The Morgan fingerprint density at radius 3 is 2.44 bits per heavy atom. The Bertz CT molecular complexity index is 1370. The largest absolute Gasteiger partial charge is 0.388 e. The topological polar surface area (TPSA) is 215 Å². The number of aromatic nitrogens is 1. The zero-order chi connectivity index (χ0) is 24.6. The van der Waals surface area contributed by atoms with E-state index < -0.39 is 35.4 Å². The van der Waals surface area contributed by atoms with Gasteiger partial charge in [-0.3, -0.25) is 0 Å². The minimum Gasteiger partial charge on any atom is -0.388 e. The molecule has 0 aliphatic carbocycles. The average Bonchev–Trinajstić information content (AvgIpc) is 3.32. The average molecular weight is 509 g/mol. The van der Waals surface area contributed by atoms with Crippen molar-refractivity contribution in [1.29, 1.82) is 0 Å². The van der Waals surface area contributed by atoms with Crippen LogP contribution in [0, 0.1) is 0 Å². The predicted octanol–water partition coefficient (Wildman–Crippen LogP) is -0.459. The first-order chi connectivity index (χ1) is 16.0. The number of benzene rings is 1. The van der Waals surface area contributed by atoms with E-state index in [1.807, 2.05) is 0 Å². The quantitative estimate of drug-likeness (QED) is 0.329. The number of nitrogens with two attached hydrogens (primary N) is 2. The van der Waals surface area contributed by atoms with Gasteiger partial charge in [0.25, 0.3) is 0 Å². The summed E-state index contributed by atoms with van der Waals surface area (Å²) in [6, 6.07) is 5.66. The van der Waals surface area contributed by atoms with Crippen LogP contribution in [0.1, 0.15) is 18.4 Å². The summed E-state index contributed by atoms with van der Waals surface area (Å²) >= 11 is 0. The predicted molar refractivity (Wildman–Crippen MR) is 124 cm³/mol. The molecule has 2 aromatic rings. The highest BCUT2D eigenvalue weighted by Crippen LogP contribution is 2.35. The minimum absolute atomic E-state index is 0.0465. The molecule has 0 amide bonds. The molecule has 3 heterocycles. The van der Waals surface area contributed by atoms with Gasteiger partial charge in [-0.1, -0.05) is 6.07 Å². The SMILES string of the molecule is Nc1ccc(-c2ccc(S(=O)(=O)NCC3(O)CCNCC3)c(S(N)(=O)=O)c2C2=NCN=N2)cn1. The molecule has 0 unspecified atom stereocenters.